The van der Waals surface area contributed by atoms with Crippen LogP contribution in [0.3, 0.4) is 0 Å². The van der Waals surface area contributed by atoms with Crippen LogP contribution in [0.1, 0.15) is 11.3 Å². The zero-order chi connectivity index (χ0) is 15.5. The average molecular weight is 312 g/mol. The molecular formula is C14H17FN2O3S. The lowest BCUT2D eigenvalue weighted by Gasteiger charge is -2.18. The molecule has 0 bridgehead atoms. The summed E-state index contributed by atoms with van der Waals surface area (Å²) in [5.74, 6) is -0.0625. The quantitative estimate of drug-likeness (QED) is 0.886. The van der Waals surface area contributed by atoms with E-state index in [1.54, 1.807) is 19.2 Å². The lowest BCUT2D eigenvalue weighted by molar-refractivity contribution is 0.405. The lowest BCUT2D eigenvalue weighted by Crippen LogP contribution is -2.28. The summed E-state index contributed by atoms with van der Waals surface area (Å²) in [6, 6.07) is 7.13. The van der Waals surface area contributed by atoms with Crippen LogP contribution in [-0.2, 0) is 23.1 Å². The summed E-state index contributed by atoms with van der Waals surface area (Å²) in [5.41, 5.74) is 0.519. The van der Waals surface area contributed by atoms with Crippen LogP contribution in [0.5, 0.6) is 0 Å². The second-order valence-electron chi connectivity index (χ2n) is 4.62. The average Bonchev–Trinajstić information content (AvgIpc) is 2.93. The van der Waals surface area contributed by atoms with E-state index < -0.39 is 15.8 Å². The summed E-state index contributed by atoms with van der Waals surface area (Å²) < 4.78 is 44.9. The summed E-state index contributed by atoms with van der Waals surface area (Å²) in [6.45, 7) is 0.425. The van der Waals surface area contributed by atoms with E-state index >= 15 is 0 Å². The highest BCUT2D eigenvalue weighted by Gasteiger charge is 2.25. The van der Waals surface area contributed by atoms with E-state index in [9.17, 15) is 12.8 Å². The van der Waals surface area contributed by atoms with E-state index in [-0.39, 0.29) is 11.4 Å². The molecule has 1 aromatic heterocycles. The first-order valence-electron chi connectivity index (χ1n) is 6.37. The Kier molecular flexibility index (Phi) is 4.76. The molecule has 114 valence electrons. The van der Waals surface area contributed by atoms with Crippen LogP contribution in [0, 0.1) is 5.82 Å². The van der Waals surface area contributed by atoms with Crippen LogP contribution in [0.25, 0.3) is 0 Å². The van der Waals surface area contributed by atoms with E-state index in [0.29, 0.717) is 17.9 Å². The second-order valence-corrected chi connectivity index (χ2v) is 6.64. The predicted octanol–water partition coefficient (Wildman–Crippen LogP) is 1.96. The highest BCUT2D eigenvalue weighted by Crippen LogP contribution is 2.22. The minimum atomic E-state index is -3.80. The molecule has 0 saturated heterocycles. The maximum atomic E-state index is 13.4. The van der Waals surface area contributed by atoms with Gasteiger partial charge in [0.1, 0.15) is 11.6 Å². The van der Waals surface area contributed by atoms with Crippen LogP contribution in [0.15, 0.2) is 45.9 Å². The zero-order valence-corrected chi connectivity index (χ0v) is 12.7. The molecule has 2 aromatic rings. The molecule has 0 spiro atoms. The van der Waals surface area contributed by atoms with Gasteiger partial charge in [0.25, 0.3) is 0 Å². The SMILES string of the molecule is CNCc1ccc(F)cc1S(=O)(=O)N(C)Cc1ccco1. The third kappa shape index (κ3) is 3.49. The fourth-order valence-corrected chi connectivity index (χ4v) is 3.35. The number of hydrogen-bond donors (Lipinski definition) is 1. The summed E-state index contributed by atoms with van der Waals surface area (Å²) in [4.78, 5) is -0.0362. The monoisotopic (exact) mass is 312 g/mol. The second kappa shape index (κ2) is 6.38. The molecule has 1 aromatic carbocycles. The molecule has 2 rings (SSSR count). The number of furan rings is 1. The Labute approximate surface area is 123 Å². The highest BCUT2D eigenvalue weighted by molar-refractivity contribution is 7.89. The van der Waals surface area contributed by atoms with Crippen molar-refractivity contribution in [3.8, 4) is 0 Å². The standard InChI is InChI=1S/C14H17FN2O3S/c1-16-9-11-5-6-12(15)8-14(11)21(18,19)17(2)10-13-4-3-7-20-13/h3-8,16H,9-10H2,1-2H3. The summed E-state index contributed by atoms with van der Waals surface area (Å²) in [5, 5.41) is 2.88. The Balaban J connectivity index is 2.36. The van der Waals surface area contributed by atoms with Crippen molar-refractivity contribution in [1.82, 2.24) is 9.62 Å². The predicted molar refractivity (Wildman–Crippen MR) is 76.5 cm³/mol. The molecule has 0 atom stereocenters. The Morgan fingerprint density at radius 2 is 2.10 bits per heavy atom. The lowest BCUT2D eigenvalue weighted by atomic mass is 10.2. The van der Waals surface area contributed by atoms with E-state index in [4.69, 9.17) is 4.42 Å². The Morgan fingerprint density at radius 3 is 2.71 bits per heavy atom. The summed E-state index contributed by atoms with van der Waals surface area (Å²) in [6.07, 6.45) is 1.48. The van der Waals surface area contributed by atoms with Crippen LogP contribution in [0.4, 0.5) is 4.39 Å². The van der Waals surface area contributed by atoms with Crippen LogP contribution >= 0.6 is 0 Å². The number of nitrogens with one attached hydrogen (secondary N) is 1. The van der Waals surface area contributed by atoms with Gasteiger partial charge in [0.2, 0.25) is 10.0 Å². The Morgan fingerprint density at radius 1 is 1.33 bits per heavy atom. The largest absolute Gasteiger partial charge is 0.468 e. The van der Waals surface area contributed by atoms with Crippen molar-refractivity contribution >= 4 is 10.0 Å². The van der Waals surface area contributed by atoms with Crippen molar-refractivity contribution in [2.75, 3.05) is 14.1 Å². The molecule has 0 saturated carbocycles. The van der Waals surface area contributed by atoms with E-state index in [2.05, 4.69) is 5.32 Å². The first-order chi connectivity index (χ1) is 9.95. The fourth-order valence-electron chi connectivity index (χ4n) is 1.98. The van der Waals surface area contributed by atoms with Crippen LogP contribution < -0.4 is 5.32 Å². The molecule has 0 unspecified atom stereocenters. The Hall–Kier alpha value is -1.70. The minimum Gasteiger partial charge on any atom is -0.468 e. The van der Waals surface area contributed by atoms with Crippen molar-refractivity contribution < 1.29 is 17.2 Å². The van der Waals surface area contributed by atoms with Gasteiger partial charge >= 0.3 is 0 Å². The van der Waals surface area contributed by atoms with Gasteiger partial charge in [-0.25, -0.2) is 12.8 Å². The molecular weight excluding hydrogens is 295 g/mol. The molecule has 1 heterocycles. The zero-order valence-electron chi connectivity index (χ0n) is 11.8. The molecule has 5 nitrogen and oxygen atoms in total. The number of halogens is 1. The normalized spacial score (nSPS) is 12.0. The molecule has 0 fully saturated rings. The molecule has 7 heteroatoms. The van der Waals surface area contributed by atoms with Gasteiger partial charge in [-0.3, -0.25) is 0 Å². The van der Waals surface area contributed by atoms with Gasteiger partial charge < -0.3 is 9.73 Å². The minimum absolute atomic E-state index is 0.0362. The van der Waals surface area contributed by atoms with Gasteiger partial charge in [0.15, 0.2) is 0 Å². The molecule has 1 N–H and O–H groups in total. The van der Waals surface area contributed by atoms with Crippen molar-refractivity contribution in [3.05, 3.63) is 53.7 Å². The fraction of sp³-hybridized carbons (Fsp3) is 0.286. The smallest absolute Gasteiger partial charge is 0.243 e. The maximum absolute atomic E-state index is 13.4. The number of nitrogens with zero attached hydrogens (tertiary/aromatic N) is 1. The molecule has 0 aliphatic rings. The highest BCUT2D eigenvalue weighted by atomic mass is 32.2. The summed E-state index contributed by atoms with van der Waals surface area (Å²) >= 11 is 0. The molecule has 0 aliphatic heterocycles. The number of hydrogen-bond acceptors (Lipinski definition) is 4. The van der Waals surface area contributed by atoms with E-state index in [0.717, 1.165) is 10.4 Å². The van der Waals surface area contributed by atoms with Crippen molar-refractivity contribution in [1.29, 1.82) is 0 Å². The third-order valence-corrected chi connectivity index (χ3v) is 4.93. The van der Waals surface area contributed by atoms with Crippen molar-refractivity contribution in [2.24, 2.45) is 0 Å². The molecule has 0 aliphatic carbocycles. The topological polar surface area (TPSA) is 62.6 Å². The summed E-state index contributed by atoms with van der Waals surface area (Å²) in [7, 11) is -0.660. The van der Waals surface area contributed by atoms with Gasteiger partial charge in [-0.05, 0) is 36.9 Å². The van der Waals surface area contributed by atoms with E-state index in [1.807, 2.05) is 0 Å². The first kappa shape index (κ1) is 15.7. The van der Waals surface area contributed by atoms with Gasteiger partial charge in [-0.15, -0.1) is 0 Å². The molecule has 21 heavy (non-hydrogen) atoms. The maximum Gasteiger partial charge on any atom is 0.243 e. The van der Waals surface area contributed by atoms with Crippen LogP contribution in [0.2, 0.25) is 0 Å². The third-order valence-electron chi connectivity index (χ3n) is 3.04. The van der Waals surface area contributed by atoms with Crippen molar-refractivity contribution in [2.45, 2.75) is 18.0 Å². The number of benzene rings is 1. The molecule has 0 radical (unpaired) electrons. The van der Waals surface area contributed by atoms with Crippen molar-refractivity contribution in [3.63, 3.8) is 0 Å². The number of sulfonamides is 1. The first-order valence-corrected chi connectivity index (χ1v) is 7.81. The van der Waals surface area contributed by atoms with Gasteiger partial charge in [-0.1, -0.05) is 6.07 Å². The Bertz CT molecular complexity index is 699. The van der Waals surface area contributed by atoms with Crippen LogP contribution in [-0.4, -0.2) is 26.8 Å². The van der Waals surface area contributed by atoms with Gasteiger partial charge in [0.05, 0.1) is 17.7 Å². The van der Waals surface area contributed by atoms with E-state index in [1.165, 1.54) is 25.4 Å². The van der Waals surface area contributed by atoms with Gasteiger partial charge in [0, 0.05) is 13.6 Å². The number of rotatable bonds is 6. The van der Waals surface area contributed by atoms with Gasteiger partial charge in [-0.2, -0.15) is 4.31 Å². The molecule has 0 amide bonds.